The van der Waals surface area contributed by atoms with Gasteiger partial charge in [0.25, 0.3) is 0 Å². The summed E-state index contributed by atoms with van der Waals surface area (Å²) in [6, 6.07) is 0. The molecule has 1 N–H and O–H groups in total. The molecule has 1 heterocycles. The smallest absolute Gasteiger partial charge is 0.324 e. The van der Waals surface area contributed by atoms with Crippen LogP contribution in [0.3, 0.4) is 0 Å². The zero-order chi connectivity index (χ0) is 9.97. The van der Waals surface area contributed by atoms with E-state index in [1.165, 1.54) is 12.8 Å². The standard InChI is InChI=1S/C11H17NO2/c1-10(9(13)14,8-2-3-8)12-6-11(7-12)4-5-11/h8H,2-7H2,1H3,(H,13,14). The summed E-state index contributed by atoms with van der Waals surface area (Å²) in [4.78, 5) is 13.5. The van der Waals surface area contributed by atoms with Crippen LogP contribution in [0.15, 0.2) is 0 Å². The van der Waals surface area contributed by atoms with Gasteiger partial charge < -0.3 is 5.11 Å². The number of hydrogen-bond acceptors (Lipinski definition) is 2. The van der Waals surface area contributed by atoms with Gasteiger partial charge in [-0.3, -0.25) is 9.69 Å². The first-order valence-corrected chi connectivity index (χ1v) is 5.55. The molecule has 0 radical (unpaired) electrons. The van der Waals surface area contributed by atoms with Gasteiger partial charge in [0.15, 0.2) is 0 Å². The molecule has 0 aromatic rings. The van der Waals surface area contributed by atoms with E-state index in [0.29, 0.717) is 11.3 Å². The van der Waals surface area contributed by atoms with E-state index in [1.807, 2.05) is 6.92 Å². The molecular weight excluding hydrogens is 178 g/mol. The molecule has 2 aliphatic carbocycles. The molecule has 1 unspecified atom stereocenters. The fourth-order valence-corrected chi connectivity index (χ4v) is 2.80. The number of rotatable bonds is 3. The van der Waals surface area contributed by atoms with Crippen molar-refractivity contribution in [3.63, 3.8) is 0 Å². The normalized spacial score (nSPS) is 33.5. The number of carboxylic acid groups (broad SMARTS) is 1. The van der Waals surface area contributed by atoms with E-state index in [4.69, 9.17) is 0 Å². The molecule has 1 aliphatic heterocycles. The number of hydrogen-bond donors (Lipinski definition) is 1. The van der Waals surface area contributed by atoms with Gasteiger partial charge >= 0.3 is 5.97 Å². The van der Waals surface area contributed by atoms with Gasteiger partial charge in [0, 0.05) is 13.1 Å². The largest absolute Gasteiger partial charge is 0.480 e. The van der Waals surface area contributed by atoms with Crippen molar-refractivity contribution in [3.8, 4) is 0 Å². The van der Waals surface area contributed by atoms with Crippen LogP contribution in [0.4, 0.5) is 0 Å². The summed E-state index contributed by atoms with van der Waals surface area (Å²) >= 11 is 0. The highest BCUT2D eigenvalue weighted by Crippen LogP contribution is 2.57. The molecule has 3 heteroatoms. The molecule has 0 aromatic heterocycles. The highest BCUT2D eigenvalue weighted by atomic mass is 16.4. The average Bonchev–Trinajstić information content (AvgIpc) is 2.91. The van der Waals surface area contributed by atoms with Crippen molar-refractivity contribution < 1.29 is 9.90 Å². The van der Waals surface area contributed by atoms with Crippen LogP contribution in [0.25, 0.3) is 0 Å². The highest BCUT2D eigenvalue weighted by molar-refractivity contribution is 5.79. The van der Waals surface area contributed by atoms with Crippen molar-refractivity contribution in [3.05, 3.63) is 0 Å². The second-order valence-electron chi connectivity index (χ2n) is 5.58. The minimum Gasteiger partial charge on any atom is -0.480 e. The summed E-state index contributed by atoms with van der Waals surface area (Å²) in [5.74, 6) is -0.202. The van der Waals surface area contributed by atoms with Gasteiger partial charge in [0.2, 0.25) is 0 Å². The van der Waals surface area contributed by atoms with E-state index in [0.717, 1.165) is 25.9 Å². The molecule has 1 atom stereocenters. The topological polar surface area (TPSA) is 40.5 Å². The van der Waals surface area contributed by atoms with Gasteiger partial charge in [-0.25, -0.2) is 0 Å². The predicted octanol–water partition coefficient (Wildman–Crippen LogP) is 1.34. The predicted molar refractivity (Wildman–Crippen MR) is 52.0 cm³/mol. The van der Waals surface area contributed by atoms with Gasteiger partial charge in [0.1, 0.15) is 5.54 Å². The van der Waals surface area contributed by atoms with E-state index in [-0.39, 0.29) is 0 Å². The average molecular weight is 195 g/mol. The van der Waals surface area contributed by atoms with Crippen molar-refractivity contribution in [1.29, 1.82) is 0 Å². The van der Waals surface area contributed by atoms with Crippen LogP contribution >= 0.6 is 0 Å². The Kier molecular flexibility index (Phi) is 1.45. The SMILES string of the molecule is CC(C(=O)O)(C1CC1)N1CC2(CC2)C1. The molecule has 3 nitrogen and oxygen atoms in total. The Hall–Kier alpha value is -0.570. The summed E-state index contributed by atoms with van der Waals surface area (Å²) in [6.07, 6.45) is 4.85. The van der Waals surface area contributed by atoms with Crippen LogP contribution in [-0.2, 0) is 4.79 Å². The molecule has 0 aromatic carbocycles. The molecule has 1 saturated heterocycles. The zero-order valence-electron chi connectivity index (χ0n) is 8.62. The van der Waals surface area contributed by atoms with E-state index in [9.17, 15) is 9.90 Å². The van der Waals surface area contributed by atoms with Crippen molar-refractivity contribution >= 4 is 5.97 Å². The number of aliphatic carboxylic acids is 1. The fourth-order valence-electron chi connectivity index (χ4n) is 2.80. The molecule has 3 rings (SSSR count). The lowest BCUT2D eigenvalue weighted by Crippen LogP contribution is -2.64. The third-order valence-electron chi connectivity index (χ3n) is 4.47. The monoisotopic (exact) mass is 195 g/mol. The van der Waals surface area contributed by atoms with E-state index < -0.39 is 11.5 Å². The lowest BCUT2D eigenvalue weighted by atomic mass is 9.84. The van der Waals surface area contributed by atoms with E-state index in [1.54, 1.807) is 0 Å². The molecule has 3 fully saturated rings. The van der Waals surface area contributed by atoms with Crippen molar-refractivity contribution in [2.45, 2.75) is 38.1 Å². The molecule has 14 heavy (non-hydrogen) atoms. The van der Waals surface area contributed by atoms with Crippen molar-refractivity contribution in [1.82, 2.24) is 4.90 Å². The first-order valence-electron chi connectivity index (χ1n) is 5.55. The molecule has 78 valence electrons. The summed E-state index contributed by atoms with van der Waals surface area (Å²) in [5, 5.41) is 9.33. The fraction of sp³-hybridized carbons (Fsp3) is 0.909. The minimum absolute atomic E-state index is 0.413. The van der Waals surface area contributed by atoms with Crippen LogP contribution in [0.5, 0.6) is 0 Å². The molecule has 0 bridgehead atoms. The maximum atomic E-state index is 11.3. The molecule has 2 saturated carbocycles. The molecular formula is C11H17NO2. The third kappa shape index (κ3) is 0.991. The number of likely N-dealkylation sites (tertiary alicyclic amines) is 1. The number of carbonyl (C=O) groups is 1. The summed E-state index contributed by atoms with van der Waals surface area (Å²) < 4.78 is 0. The highest BCUT2D eigenvalue weighted by Gasteiger charge is 2.62. The van der Waals surface area contributed by atoms with Crippen LogP contribution in [0.1, 0.15) is 32.6 Å². The van der Waals surface area contributed by atoms with Crippen molar-refractivity contribution in [2.75, 3.05) is 13.1 Å². The third-order valence-corrected chi connectivity index (χ3v) is 4.47. The van der Waals surface area contributed by atoms with Crippen LogP contribution in [0, 0.1) is 11.3 Å². The summed E-state index contributed by atoms with van der Waals surface area (Å²) in [7, 11) is 0. The van der Waals surface area contributed by atoms with Gasteiger partial charge in [-0.1, -0.05) is 0 Å². The lowest BCUT2D eigenvalue weighted by Gasteiger charge is -2.49. The lowest BCUT2D eigenvalue weighted by molar-refractivity contribution is -0.159. The second-order valence-corrected chi connectivity index (χ2v) is 5.58. The number of carboxylic acids is 1. The first kappa shape index (κ1) is 8.72. The molecule has 1 spiro atoms. The second kappa shape index (κ2) is 2.32. The van der Waals surface area contributed by atoms with E-state index >= 15 is 0 Å². The molecule has 0 amide bonds. The van der Waals surface area contributed by atoms with Gasteiger partial charge in [-0.2, -0.15) is 0 Å². The minimum atomic E-state index is -0.615. The van der Waals surface area contributed by atoms with Gasteiger partial charge in [-0.15, -0.1) is 0 Å². The molecule has 3 aliphatic rings. The Bertz CT molecular complexity index is 286. The zero-order valence-corrected chi connectivity index (χ0v) is 8.62. The maximum absolute atomic E-state index is 11.3. The van der Waals surface area contributed by atoms with E-state index in [2.05, 4.69) is 4.90 Å². The van der Waals surface area contributed by atoms with Crippen LogP contribution < -0.4 is 0 Å². The van der Waals surface area contributed by atoms with Gasteiger partial charge in [0.05, 0.1) is 0 Å². The van der Waals surface area contributed by atoms with Gasteiger partial charge in [-0.05, 0) is 43.9 Å². The Morgan fingerprint density at radius 2 is 2.00 bits per heavy atom. The Morgan fingerprint density at radius 3 is 2.36 bits per heavy atom. The summed E-state index contributed by atoms with van der Waals surface area (Å²) in [5.41, 5.74) is 0.0133. The Balaban J connectivity index is 1.75. The number of nitrogens with zero attached hydrogens (tertiary/aromatic N) is 1. The summed E-state index contributed by atoms with van der Waals surface area (Å²) in [6.45, 7) is 3.99. The quantitative estimate of drug-likeness (QED) is 0.738. The maximum Gasteiger partial charge on any atom is 0.324 e. The first-order chi connectivity index (χ1) is 6.57. The van der Waals surface area contributed by atoms with Crippen molar-refractivity contribution in [2.24, 2.45) is 11.3 Å². The Morgan fingerprint density at radius 1 is 1.43 bits per heavy atom. The Labute approximate surface area is 84.1 Å². The van der Waals surface area contributed by atoms with Crippen LogP contribution in [0.2, 0.25) is 0 Å². The van der Waals surface area contributed by atoms with Crippen LogP contribution in [-0.4, -0.2) is 34.6 Å².